The van der Waals surface area contributed by atoms with Crippen LogP contribution in [-0.2, 0) is 16.6 Å². The minimum absolute atomic E-state index is 0.350. The van der Waals surface area contributed by atoms with E-state index in [1.54, 1.807) is 6.07 Å². The predicted molar refractivity (Wildman–Crippen MR) is 88.3 cm³/mol. The Morgan fingerprint density at radius 1 is 1.19 bits per heavy atom. The summed E-state index contributed by atoms with van der Waals surface area (Å²) in [6.45, 7) is 6.45. The second-order valence-corrected chi connectivity index (χ2v) is 8.11. The van der Waals surface area contributed by atoms with Gasteiger partial charge in [0.25, 0.3) is 10.0 Å². The minimum atomic E-state index is -3.53. The Morgan fingerprint density at radius 2 is 1.81 bits per heavy atom. The second-order valence-electron chi connectivity index (χ2n) is 4.88. The number of anilines is 1. The van der Waals surface area contributed by atoms with Gasteiger partial charge in [-0.25, -0.2) is 8.42 Å². The minimum Gasteiger partial charge on any atom is -0.326 e. The number of hydrogen-bond acceptors (Lipinski definition) is 4. The zero-order valence-corrected chi connectivity index (χ0v) is 14.1. The van der Waals surface area contributed by atoms with Crippen molar-refractivity contribution in [2.45, 2.75) is 31.5 Å². The molecule has 0 aliphatic carbocycles. The van der Waals surface area contributed by atoms with Crippen molar-refractivity contribution in [2.75, 3.05) is 10.8 Å². The standard InChI is InChI=1S/C15H20N2O2S2/c1-4-17(13-7-5-11(2)6-8-13)21(18,19)15-9-12(3)14(10-16)20-15/h5-9H,4,10,16H2,1-3H3. The van der Waals surface area contributed by atoms with Gasteiger partial charge in [0.2, 0.25) is 0 Å². The number of sulfonamides is 1. The third kappa shape index (κ3) is 3.12. The fraction of sp³-hybridized carbons (Fsp3) is 0.333. The van der Waals surface area contributed by atoms with Crippen LogP contribution < -0.4 is 10.0 Å². The summed E-state index contributed by atoms with van der Waals surface area (Å²) in [5, 5.41) is 0. The Balaban J connectivity index is 2.46. The molecule has 0 unspecified atom stereocenters. The molecular formula is C15H20N2O2S2. The maximum atomic E-state index is 12.8. The Bertz CT molecular complexity index is 719. The molecule has 6 heteroatoms. The molecule has 0 spiro atoms. The van der Waals surface area contributed by atoms with Gasteiger partial charge in [-0.3, -0.25) is 4.31 Å². The molecule has 2 N–H and O–H groups in total. The van der Waals surface area contributed by atoms with E-state index in [1.165, 1.54) is 15.6 Å². The molecule has 1 heterocycles. The lowest BCUT2D eigenvalue weighted by Gasteiger charge is -2.22. The van der Waals surface area contributed by atoms with Gasteiger partial charge in [-0.2, -0.15) is 0 Å². The van der Waals surface area contributed by atoms with E-state index in [9.17, 15) is 8.42 Å². The first kappa shape index (κ1) is 16.0. The number of thiophene rings is 1. The highest BCUT2D eigenvalue weighted by Gasteiger charge is 2.26. The van der Waals surface area contributed by atoms with Crippen molar-refractivity contribution < 1.29 is 8.42 Å². The number of hydrogen-bond donors (Lipinski definition) is 1. The molecule has 0 bridgehead atoms. The highest BCUT2D eigenvalue weighted by atomic mass is 32.2. The summed E-state index contributed by atoms with van der Waals surface area (Å²) < 4.78 is 27.4. The number of nitrogens with zero attached hydrogens (tertiary/aromatic N) is 1. The fourth-order valence-electron chi connectivity index (χ4n) is 2.13. The van der Waals surface area contributed by atoms with Crippen LogP contribution in [0.3, 0.4) is 0 Å². The topological polar surface area (TPSA) is 63.4 Å². The van der Waals surface area contributed by atoms with E-state index < -0.39 is 10.0 Å². The van der Waals surface area contributed by atoms with Gasteiger partial charge in [0.15, 0.2) is 0 Å². The summed E-state index contributed by atoms with van der Waals surface area (Å²) in [6, 6.07) is 9.21. The van der Waals surface area contributed by atoms with E-state index in [0.29, 0.717) is 23.0 Å². The number of rotatable bonds is 5. The molecule has 4 nitrogen and oxygen atoms in total. The van der Waals surface area contributed by atoms with E-state index in [-0.39, 0.29) is 0 Å². The molecule has 1 aromatic heterocycles. The van der Waals surface area contributed by atoms with Crippen LogP contribution >= 0.6 is 11.3 Å². The summed E-state index contributed by atoms with van der Waals surface area (Å²) in [7, 11) is -3.53. The summed E-state index contributed by atoms with van der Waals surface area (Å²) in [4.78, 5) is 0.911. The molecule has 0 saturated heterocycles. The summed E-state index contributed by atoms with van der Waals surface area (Å²) >= 11 is 1.25. The predicted octanol–water partition coefficient (Wildman–Crippen LogP) is 3.04. The lowest BCUT2D eigenvalue weighted by molar-refractivity contribution is 0.594. The first-order valence-corrected chi connectivity index (χ1v) is 9.04. The van der Waals surface area contributed by atoms with Gasteiger partial charge in [-0.15, -0.1) is 11.3 Å². The van der Waals surface area contributed by atoms with Crippen molar-refractivity contribution in [1.82, 2.24) is 0 Å². The van der Waals surface area contributed by atoms with Crippen molar-refractivity contribution in [3.63, 3.8) is 0 Å². The van der Waals surface area contributed by atoms with Crippen LogP contribution in [0, 0.1) is 13.8 Å². The number of benzene rings is 1. The molecule has 0 aliphatic heterocycles. The average molecular weight is 324 g/mol. The van der Waals surface area contributed by atoms with Crippen LogP contribution in [0.25, 0.3) is 0 Å². The second kappa shape index (κ2) is 6.17. The van der Waals surface area contributed by atoms with Crippen LogP contribution in [0.15, 0.2) is 34.5 Å². The van der Waals surface area contributed by atoms with Crippen LogP contribution in [0.1, 0.15) is 22.9 Å². The Morgan fingerprint density at radius 3 is 2.29 bits per heavy atom. The molecule has 114 valence electrons. The van der Waals surface area contributed by atoms with Crippen molar-refractivity contribution in [2.24, 2.45) is 5.73 Å². The third-order valence-electron chi connectivity index (χ3n) is 3.34. The van der Waals surface area contributed by atoms with E-state index >= 15 is 0 Å². The molecule has 0 amide bonds. The van der Waals surface area contributed by atoms with Crippen molar-refractivity contribution in [1.29, 1.82) is 0 Å². The van der Waals surface area contributed by atoms with Gasteiger partial charge >= 0.3 is 0 Å². The molecule has 0 atom stereocenters. The van der Waals surface area contributed by atoms with E-state index in [2.05, 4.69) is 0 Å². The van der Waals surface area contributed by atoms with E-state index in [4.69, 9.17) is 5.73 Å². The molecule has 0 aliphatic rings. The summed E-state index contributed by atoms with van der Waals surface area (Å²) in [5.74, 6) is 0. The lowest BCUT2D eigenvalue weighted by Crippen LogP contribution is -2.30. The van der Waals surface area contributed by atoms with Gasteiger partial charge in [0.05, 0.1) is 5.69 Å². The zero-order valence-electron chi connectivity index (χ0n) is 12.5. The molecule has 0 fully saturated rings. The largest absolute Gasteiger partial charge is 0.326 e. The van der Waals surface area contributed by atoms with Crippen LogP contribution in [0.5, 0.6) is 0 Å². The molecule has 2 rings (SSSR count). The van der Waals surface area contributed by atoms with Crippen LogP contribution in [0.2, 0.25) is 0 Å². The van der Waals surface area contributed by atoms with Crippen molar-refractivity contribution in [3.05, 3.63) is 46.3 Å². The number of nitrogens with two attached hydrogens (primary N) is 1. The number of aryl methyl sites for hydroxylation is 2. The summed E-state index contributed by atoms with van der Waals surface area (Å²) in [6.07, 6.45) is 0. The smallest absolute Gasteiger partial charge is 0.273 e. The van der Waals surface area contributed by atoms with Gasteiger partial charge in [0.1, 0.15) is 4.21 Å². The maximum absolute atomic E-state index is 12.8. The Kier molecular flexibility index (Phi) is 4.70. The molecule has 1 aromatic carbocycles. The molecule has 0 radical (unpaired) electrons. The van der Waals surface area contributed by atoms with E-state index in [0.717, 1.165) is 16.0 Å². The molecule has 2 aromatic rings. The Labute approximate surface area is 130 Å². The molecule has 0 saturated carbocycles. The highest BCUT2D eigenvalue weighted by molar-refractivity contribution is 7.94. The Hall–Kier alpha value is -1.37. The SMILES string of the molecule is CCN(c1ccc(C)cc1)S(=O)(=O)c1cc(C)c(CN)s1. The average Bonchev–Trinajstić information content (AvgIpc) is 2.83. The first-order chi connectivity index (χ1) is 9.90. The van der Waals surface area contributed by atoms with Crippen LogP contribution in [-0.4, -0.2) is 15.0 Å². The van der Waals surface area contributed by atoms with Crippen LogP contribution in [0.4, 0.5) is 5.69 Å². The van der Waals surface area contributed by atoms with Gasteiger partial charge in [0, 0.05) is 18.0 Å². The lowest BCUT2D eigenvalue weighted by atomic mass is 10.2. The fourth-order valence-corrected chi connectivity index (χ4v) is 5.19. The monoisotopic (exact) mass is 324 g/mol. The van der Waals surface area contributed by atoms with Crippen molar-refractivity contribution in [3.8, 4) is 0 Å². The zero-order chi connectivity index (χ0) is 15.6. The maximum Gasteiger partial charge on any atom is 0.273 e. The summed E-state index contributed by atoms with van der Waals surface area (Å²) in [5.41, 5.74) is 8.36. The van der Waals surface area contributed by atoms with Gasteiger partial charge in [-0.1, -0.05) is 17.7 Å². The highest BCUT2D eigenvalue weighted by Crippen LogP contribution is 2.30. The normalized spacial score (nSPS) is 11.6. The van der Waals surface area contributed by atoms with E-state index in [1.807, 2.05) is 45.0 Å². The third-order valence-corrected chi connectivity index (χ3v) is 6.95. The first-order valence-electron chi connectivity index (χ1n) is 6.79. The quantitative estimate of drug-likeness (QED) is 0.919. The van der Waals surface area contributed by atoms with Gasteiger partial charge in [-0.05, 0) is 44.5 Å². The molecule has 21 heavy (non-hydrogen) atoms. The molecular weight excluding hydrogens is 304 g/mol. The van der Waals surface area contributed by atoms with Gasteiger partial charge < -0.3 is 5.73 Å². The van der Waals surface area contributed by atoms with Crippen molar-refractivity contribution >= 4 is 27.0 Å².